The number of morpholine rings is 1. The standard InChI is InChI=1S/C16H21ClN2O2/c17-14-3-1-2-13(12-14)16(5-6-16)18-7-4-15(20)19-8-10-21-11-9-19/h1-3,12,18H,4-11H2. The van der Waals surface area contributed by atoms with Crippen molar-refractivity contribution in [1.29, 1.82) is 0 Å². The number of nitrogens with one attached hydrogen (secondary N) is 1. The molecule has 0 radical (unpaired) electrons. The van der Waals surface area contributed by atoms with Gasteiger partial charge < -0.3 is 15.0 Å². The Morgan fingerprint density at radius 2 is 2.10 bits per heavy atom. The summed E-state index contributed by atoms with van der Waals surface area (Å²) in [5.41, 5.74) is 1.27. The minimum Gasteiger partial charge on any atom is -0.378 e. The molecule has 0 unspecified atom stereocenters. The number of carbonyl (C=O) groups is 1. The highest BCUT2D eigenvalue weighted by atomic mass is 35.5. The normalized spacial score (nSPS) is 20.3. The topological polar surface area (TPSA) is 41.6 Å². The second-order valence-corrected chi connectivity index (χ2v) is 6.20. The van der Waals surface area contributed by atoms with E-state index in [0.717, 1.165) is 31.0 Å². The van der Waals surface area contributed by atoms with Crippen molar-refractivity contribution in [2.24, 2.45) is 0 Å². The summed E-state index contributed by atoms with van der Waals surface area (Å²) >= 11 is 6.06. The Morgan fingerprint density at radius 3 is 2.76 bits per heavy atom. The van der Waals surface area contributed by atoms with Gasteiger partial charge in [0.2, 0.25) is 5.91 Å². The number of hydrogen-bond acceptors (Lipinski definition) is 3. The Bertz CT molecular complexity index is 511. The SMILES string of the molecule is O=C(CCNC1(c2cccc(Cl)c2)CC1)N1CCOCC1. The first-order valence-corrected chi connectivity index (χ1v) is 7.94. The molecule has 1 saturated heterocycles. The molecule has 1 saturated carbocycles. The highest BCUT2D eigenvalue weighted by Crippen LogP contribution is 2.45. The van der Waals surface area contributed by atoms with Crippen LogP contribution in [0.2, 0.25) is 5.02 Å². The fourth-order valence-electron chi connectivity index (χ4n) is 2.86. The summed E-state index contributed by atoms with van der Waals surface area (Å²) in [5, 5.41) is 4.31. The molecule has 1 amide bonds. The van der Waals surface area contributed by atoms with Gasteiger partial charge in [0.1, 0.15) is 0 Å². The van der Waals surface area contributed by atoms with Crippen LogP contribution in [0.3, 0.4) is 0 Å². The smallest absolute Gasteiger partial charge is 0.224 e. The Balaban J connectivity index is 1.50. The van der Waals surface area contributed by atoms with E-state index in [1.807, 2.05) is 23.1 Å². The van der Waals surface area contributed by atoms with Crippen molar-refractivity contribution in [3.8, 4) is 0 Å². The number of carbonyl (C=O) groups excluding carboxylic acids is 1. The van der Waals surface area contributed by atoms with E-state index < -0.39 is 0 Å². The molecular formula is C16H21ClN2O2. The Labute approximate surface area is 130 Å². The molecule has 114 valence electrons. The highest BCUT2D eigenvalue weighted by molar-refractivity contribution is 6.30. The monoisotopic (exact) mass is 308 g/mol. The zero-order valence-corrected chi connectivity index (χ0v) is 12.9. The summed E-state index contributed by atoms with van der Waals surface area (Å²) < 4.78 is 5.27. The molecule has 0 bridgehead atoms. The molecule has 1 heterocycles. The van der Waals surface area contributed by atoms with Crippen LogP contribution in [-0.2, 0) is 15.1 Å². The molecule has 0 atom stereocenters. The third-order valence-electron chi connectivity index (χ3n) is 4.29. The predicted octanol–water partition coefficient (Wildman–Crippen LogP) is 2.17. The minimum atomic E-state index is 0.0379. The van der Waals surface area contributed by atoms with Crippen molar-refractivity contribution in [3.63, 3.8) is 0 Å². The van der Waals surface area contributed by atoms with E-state index in [0.29, 0.717) is 26.2 Å². The lowest BCUT2D eigenvalue weighted by Crippen LogP contribution is -2.42. The minimum absolute atomic E-state index is 0.0379. The van der Waals surface area contributed by atoms with E-state index in [2.05, 4.69) is 11.4 Å². The summed E-state index contributed by atoms with van der Waals surface area (Å²) in [4.78, 5) is 14.0. The lowest BCUT2D eigenvalue weighted by molar-refractivity contribution is -0.135. The maximum absolute atomic E-state index is 12.1. The molecule has 1 N–H and O–H groups in total. The van der Waals surface area contributed by atoms with E-state index in [4.69, 9.17) is 16.3 Å². The molecule has 1 aromatic rings. The van der Waals surface area contributed by atoms with Gasteiger partial charge in [-0.1, -0.05) is 23.7 Å². The van der Waals surface area contributed by atoms with E-state index in [1.165, 1.54) is 5.56 Å². The van der Waals surface area contributed by atoms with Crippen LogP contribution in [0.1, 0.15) is 24.8 Å². The number of rotatable bonds is 5. The predicted molar refractivity (Wildman–Crippen MR) is 82.4 cm³/mol. The maximum Gasteiger partial charge on any atom is 0.224 e. The van der Waals surface area contributed by atoms with Crippen LogP contribution in [0.5, 0.6) is 0 Å². The maximum atomic E-state index is 12.1. The van der Waals surface area contributed by atoms with Crippen molar-refractivity contribution in [1.82, 2.24) is 10.2 Å². The van der Waals surface area contributed by atoms with Gasteiger partial charge in [-0.3, -0.25) is 4.79 Å². The van der Waals surface area contributed by atoms with Gasteiger partial charge in [-0.15, -0.1) is 0 Å². The van der Waals surface area contributed by atoms with Gasteiger partial charge in [-0.25, -0.2) is 0 Å². The molecule has 4 nitrogen and oxygen atoms in total. The lowest BCUT2D eigenvalue weighted by atomic mass is 10.0. The fourth-order valence-corrected chi connectivity index (χ4v) is 3.05. The number of nitrogens with zero attached hydrogens (tertiary/aromatic N) is 1. The van der Waals surface area contributed by atoms with Crippen LogP contribution >= 0.6 is 11.6 Å². The van der Waals surface area contributed by atoms with Gasteiger partial charge in [0.15, 0.2) is 0 Å². The van der Waals surface area contributed by atoms with Crippen LogP contribution in [0.4, 0.5) is 0 Å². The molecule has 2 fully saturated rings. The van der Waals surface area contributed by atoms with Crippen molar-refractivity contribution in [3.05, 3.63) is 34.9 Å². The Morgan fingerprint density at radius 1 is 1.33 bits per heavy atom. The summed E-state index contributed by atoms with van der Waals surface area (Å²) in [5.74, 6) is 0.215. The van der Waals surface area contributed by atoms with Crippen molar-refractivity contribution in [2.45, 2.75) is 24.8 Å². The second kappa shape index (κ2) is 6.34. The van der Waals surface area contributed by atoms with Crippen LogP contribution in [0.25, 0.3) is 0 Å². The average molecular weight is 309 g/mol. The molecule has 0 aromatic heterocycles. The van der Waals surface area contributed by atoms with Gasteiger partial charge in [-0.2, -0.15) is 0 Å². The van der Waals surface area contributed by atoms with Crippen molar-refractivity contribution in [2.75, 3.05) is 32.8 Å². The number of ether oxygens (including phenoxy) is 1. The largest absolute Gasteiger partial charge is 0.378 e. The van der Waals surface area contributed by atoms with Gasteiger partial charge >= 0.3 is 0 Å². The molecule has 3 rings (SSSR count). The number of amides is 1. The first-order chi connectivity index (χ1) is 10.2. The number of hydrogen-bond donors (Lipinski definition) is 1. The van der Waals surface area contributed by atoms with E-state index in [1.54, 1.807) is 0 Å². The zero-order chi connectivity index (χ0) is 14.7. The van der Waals surface area contributed by atoms with Gasteiger partial charge in [0, 0.05) is 36.6 Å². The quantitative estimate of drug-likeness (QED) is 0.906. The number of benzene rings is 1. The Hall–Kier alpha value is -1.10. The molecule has 5 heteroatoms. The molecular weight excluding hydrogens is 288 g/mol. The van der Waals surface area contributed by atoms with Crippen LogP contribution in [0.15, 0.2) is 24.3 Å². The van der Waals surface area contributed by atoms with Crippen molar-refractivity contribution >= 4 is 17.5 Å². The fraction of sp³-hybridized carbons (Fsp3) is 0.562. The van der Waals surface area contributed by atoms with Crippen LogP contribution in [-0.4, -0.2) is 43.7 Å². The van der Waals surface area contributed by atoms with Crippen LogP contribution in [0, 0.1) is 0 Å². The summed E-state index contributed by atoms with van der Waals surface area (Å²) in [6, 6.07) is 8.00. The second-order valence-electron chi connectivity index (χ2n) is 5.76. The van der Waals surface area contributed by atoms with Gasteiger partial charge in [0.05, 0.1) is 13.2 Å². The van der Waals surface area contributed by atoms with E-state index >= 15 is 0 Å². The third kappa shape index (κ3) is 3.57. The summed E-state index contributed by atoms with van der Waals surface area (Å²) in [6.07, 6.45) is 2.76. The Kier molecular flexibility index (Phi) is 4.48. The van der Waals surface area contributed by atoms with Crippen LogP contribution < -0.4 is 5.32 Å². The molecule has 21 heavy (non-hydrogen) atoms. The number of halogens is 1. The van der Waals surface area contributed by atoms with E-state index in [-0.39, 0.29) is 11.4 Å². The molecule has 0 spiro atoms. The average Bonchev–Trinajstić information content (AvgIpc) is 3.29. The molecule has 1 aliphatic carbocycles. The summed E-state index contributed by atoms with van der Waals surface area (Å²) in [6.45, 7) is 3.47. The zero-order valence-electron chi connectivity index (χ0n) is 12.1. The van der Waals surface area contributed by atoms with Gasteiger partial charge in [0.25, 0.3) is 0 Å². The molecule has 1 aromatic carbocycles. The van der Waals surface area contributed by atoms with Crippen molar-refractivity contribution < 1.29 is 9.53 Å². The summed E-state index contributed by atoms with van der Waals surface area (Å²) in [7, 11) is 0. The first kappa shape index (κ1) is 14.8. The van der Waals surface area contributed by atoms with Gasteiger partial charge in [-0.05, 0) is 30.5 Å². The third-order valence-corrected chi connectivity index (χ3v) is 4.53. The van der Waals surface area contributed by atoms with E-state index in [9.17, 15) is 4.79 Å². The molecule has 2 aliphatic rings. The lowest BCUT2D eigenvalue weighted by Gasteiger charge is -2.27. The highest BCUT2D eigenvalue weighted by Gasteiger charge is 2.43. The molecule has 1 aliphatic heterocycles. The first-order valence-electron chi connectivity index (χ1n) is 7.56.